The van der Waals surface area contributed by atoms with E-state index >= 15 is 0 Å². The third-order valence-electron chi connectivity index (χ3n) is 2.36. The molecule has 2 atom stereocenters. The quantitative estimate of drug-likeness (QED) is 0.717. The van der Waals surface area contributed by atoms with Gasteiger partial charge in [-0.05, 0) is 18.5 Å². The number of alkyl halides is 2. The maximum Gasteiger partial charge on any atom is 0.263 e. The van der Waals surface area contributed by atoms with Gasteiger partial charge in [-0.3, -0.25) is 0 Å². The molecular formula is C11H15F2NO2. The molecule has 5 heteroatoms. The van der Waals surface area contributed by atoms with E-state index in [2.05, 4.69) is 0 Å². The SMILES string of the molecule is NCCC(O)C(O)c1ccc(C(F)F)cc1. The van der Waals surface area contributed by atoms with Gasteiger partial charge in [-0.1, -0.05) is 24.3 Å². The number of rotatable bonds is 5. The molecule has 0 aliphatic rings. The first-order valence-electron chi connectivity index (χ1n) is 5.00. The van der Waals surface area contributed by atoms with E-state index in [4.69, 9.17) is 5.73 Å². The van der Waals surface area contributed by atoms with Gasteiger partial charge < -0.3 is 15.9 Å². The molecule has 0 saturated carbocycles. The zero-order valence-electron chi connectivity index (χ0n) is 8.68. The van der Waals surface area contributed by atoms with E-state index in [-0.39, 0.29) is 18.5 Å². The number of hydrogen-bond acceptors (Lipinski definition) is 3. The molecule has 3 nitrogen and oxygen atoms in total. The van der Waals surface area contributed by atoms with Crippen LogP contribution in [0.4, 0.5) is 8.78 Å². The molecule has 0 radical (unpaired) electrons. The summed E-state index contributed by atoms with van der Waals surface area (Å²) >= 11 is 0. The molecule has 0 aliphatic carbocycles. The largest absolute Gasteiger partial charge is 0.390 e. The molecule has 1 aromatic carbocycles. The lowest BCUT2D eigenvalue weighted by Crippen LogP contribution is -2.21. The third kappa shape index (κ3) is 3.23. The van der Waals surface area contributed by atoms with Gasteiger partial charge in [-0.15, -0.1) is 0 Å². The average Bonchev–Trinajstić information content (AvgIpc) is 2.28. The number of benzene rings is 1. The first-order chi connectivity index (χ1) is 7.56. The minimum Gasteiger partial charge on any atom is -0.390 e. The second-order valence-electron chi connectivity index (χ2n) is 3.56. The molecule has 4 N–H and O–H groups in total. The molecular weight excluding hydrogens is 216 g/mol. The van der Waals surface area contributed by atoms with Gasteiger partial charge in [0.25, 0.3) is 6.43 Å². The van der Waals surface area contributed by atoms with Crippen LogP contribution in [0.25, 0.3) is 0 Å². The molecule has 2 unspecified atom stereocenters. The second kappa shape index (κ2) is 5.89. The predicted molar refractivity (Wildman–Crippen MR) is 56.0 cm³/mol. The highest BCUT2D eigenvalue weighted by molar-refractivity contribution is 5.25. The highest BCUT2D eigenvalue weighted by Gasteiger charge is 2.17. The van der Waals surface area contributed by atoms with Crippen molar-refractivity contribution >= 4 is 0 Å². The van der Waals surface area contributed by atoms with E-state index in [0.29, 0.717) is 5.56 Å². The zero-order valence-corrected chi connectivity index (χ0v) is 8.68. The van der Waals surface area contributed by atoms with Crippen LogP contribution in [0.2, 0.25) is 0 Å². The normalized spacial score (nSPS) is 15.1. The van der Waals surface area contributed by atoms with Crippen molar-refractivity contribution in [2.45, 2.75) is 25.1 Å². The summed E-state index contributed by atoms with van der Waals surface area (Å²) < 4.78 is 24.5. The first-order valence-corrected chi connectivity index (χ1v) is 5.00. The van der Waals surface area contributed by atoms with Crippen molar-refractivity contribution < 1.29 is 19.0 Å². The molecule has 0 spiro atoms. The van der Waals surface area contributed by atoms with Crippen molar-refractivity contribution in [2.24, 2.45) is 5.73 Å². The Labute approximate surface area is 92.5 Å². The molecule has 1 rings (SSSR count). The molecule has 90 valence electrons. The maximum atomic E-state index is 12.3. The summed E-state index contributed by atoms with van der Waals surface area (Å²) in [4.78, 5) is 0. The Hall–Kier alpha value is -1.04. The summed E-state index contributed by atoms with van der Waals surface area (Å²) in [5.41, 5.74) is 5.54. The van der Waals surface area contributed by atoms with Gasteiger partial charge >= 0.3 is 0 Å². The maximum absolute atomic E-state index is 12.3. The number of halogens is 2. The molecule has 0 fully saturated rings. The average molecular weight is 231 g/mol. The molecule has 0 aromatic heterocycles. The fraction of sp³-hybridized carbons (Fsp3) is 0.455. The highest BCUT2D eigenvalue weighted by Crippen LogP contribution is 2.23. The van der Waals surface area contributed by atoms with Gasteiger partial charge in [0.2, 0.25) is 0 Å². The van der Waals surface area contributed by atoms with Crippen molar-refractivity contribution in [1.82, 2.24) is 0 Å². The lowest BCUT2D eigenvalue weighted by atomic mass is 10.0. The second-order valence-corrected chi connectivity index (χ2v) is 3.56. The van der Waals surface area contributed by atoms with Crippen LogP contribution in [0.1, 0.15) is 30.1 Å². The Morgan fingerprint density at radius 3 is 2.00 bits per heavy atom. The Morgan fingerprint density at radius 1 is 1.06 bits per heavy atom. The lowest BCUT2D eigenvalue weighted by Gasteiger charge is -2.17. The zero-order chi connectivity index (χ0) is 12.1. The van der Waals surface area contributed by atoms with Crippen LogP contribution in [-0.4, -0.2) is 22.9 Å². The Morgan fingerprint density at radius 2 is 1.56 bits per heavy atom. The number of aliphatic hydroxyl groups is 2. The van der Waals surface area contributed by atoms with Crippen LogP contribution in [0.5, 0.6) is 0 Å². The van der Waals surface area contributed by atoms with Crippen LogP contribution < -0.4 is 5.73 Å². The van der Waals surface area contributed by atoms with Crippen LogP contribution >= 0.6 is 0 Å². The summed E-state index contributed by atoms with van der Waals surface area (Å²) in [5.74, 6) is 0. The van der Waals surface area contributed by atoms with Crippen molar-refractivity contribution in [3.63, 3.8) is 0 Å². The topological polar surface area (TPSA) is 66.5 Å². The third-order valence-corrected chi connectivity index (χ3v) is 2.36. The fourth-order valence-electron chi connectivity index (χ4n) is 1.39. The van der Waals surface area contributed by atoms with E-state index < -0.39 is 18.6 Å². The van der Waals surface area contributed by atoms with Gasteiger partial charge in [0, 0.05) is 5.56 Å². The van der Waals surface area contributed by atoms with E-state index in [0.717, 1.165) is 0 Å². The monoisotopic (exact) mass is 231 g/mol. The van der Waals surface area contributed by atoms with Crippen LogP contribution in [0.15, 0.2) is 24.3 Å². The van der Waals surface area contributed by atoms with E-state index in [1.54, 1.807) is 0 Å². The molecule has 0 amide bonds. The standard InChI is InChI=1S/C11H15F2NO2/c12-11(13)8-3-1-7(2-4-8)10(16)9(15)5-6-14/h1-4,9-11,15-16H,5-6,14H2. The molecule has 0 bridgehead atoms. The summed E-state index contributed by atoms with van der Waals surface area (Å²) in [6, 6.07) is 5.23. The molecule has 0 saturated heterocycles. The molecule has 0 heterocycles. The Balaban J connectivity index is 2.73. The van der Waals surface area contributed by atoms with E-state index in [9.17, 15) is 19.0 Å². The number of hydrogen-bond donors (Lipinski definition) is 3. The van der Waals surface area contributed by atoms with Gasteiger partial charge in [0.1, 0.15) is 6.10 Å². The summed E-state index contributed by atoms with van der Waals surface area (Å²) in [5, 5.41) is 19.1. The van der Waals surface area contributed by atoms with Crippen molar-refractivity contribution in [3.8, 4) is 0 Å². The minimum atomic E-state index is -2.53. The first kappa shape index (κ1) is 13.0. The molecule has 1 aromatic rings. The Kier molecular flexibility index (Phi) is 4.79. The van der Waals surface area contributed by atoms with Crippen molar-refractivity contribution in [1.29, 1.82) is 0 Å². The fourth-order valence-corrected chi connectivity index (χ4v) is 1.39. The van der Waals surface area contributed by atoms with Gasteiger partial charge in [0.05, 0.1) is 6.10 Å². The Bertz CT molecular complexity index is 316. The van der Waals surface area contributed by atoms with Crippen LogP contribution in [0, 0.1) is 0 Å². The number of aliphatic hydroxyl groups excluding tert-OH is 2. The van der Waals surface area contributed by atoms with Gasteiger partial charge in [-0.2, -0.15) is 0 Å². The van der Waals surface area contributed by atoms with E-state index in [1.807, 2.05) is 0 Å². The summed E-state index contributed by atoms with van der Waals surface area (Å²) in [6.45, 7) is 0.257. The number of nitrogens with two attached hydrogens (primary N) is 1. The molecule has 0 aliphatic heterocycles. The summed E-state index contributed by atoms with van der Waals surface area (Å²) in [6.07, 6.45) is -4.32. The highest BCUT2D eigenvalue weighted by atomic mass is 19.3. The smallest absolute Gasteiger partial charge is 0.263 e. The van der Waals surface area contributed by atoms with E-state index in [1.165, 1.54) is 24.3 Å². The van der Waals surface area contributed by atoms with Crippen LogP contribution in [0.3, 0.4) is 0 Å². The van der Waals surface area contributed by atoms with Gasteiger partial charge in [-0.25, -0.2) is 8.78 Å². The molecule has 16 heavy (non-hydrogen) atoms. The predicted octanol–water partition coefficient (Wildman–Crippen LogP) is 1.37. The van der Waals surface area contributed by atoms with Crippen molar-refractivity contribution in [2.75, 3.05) is 6.54 Å². The van der Waals surface area contributed by atoms with Gasteiger partial charge in [0.15, 0.2) is 0 Å². The van der Waals surface area contributed by atoms with Crippen molar-refractivity contribution in [3.05, 3.63) is 35.4 Å². The van der Waals surface area contributed by atoms with Crippen LogP contribution in [-0.2, 0) is 0 Å². The summed E-state index contributed by atoms with van der Waals surface area (Å²) in [7, 11) is 0. The minimum absolute atomic E-state index is 0.107. The lowest BCUT2D eigenvalue weighted by molar-refractivity contribution is 0.0150.